The van der Waals surface area contributed by atoms with Gasteiger partial charge in [-0.1, -0.05) is 18.2 Å². The number of alkyl halides is 2. The normalized spacial score (nSPS) is 26.9. The Morgan fingerprint density at radius 1 is 1.24 bits per heavy atom. The fraction of sp³-hybridized carbons (Fsp3) is 0.316. The predicted octanol–water partition coefficient (Wildman–Crippen LogP) is 2.96. The lowest BCUT2D eigenvalue weighted by molar-refractivity contribution is -0.117. The number of anilines is 1. The number of benzene rings is 2. The van der Waals surface area contributed by atoms with E-state index in [0.29, 0.717) is 5.56 Å². The summed E-state index contributed by atoms with van der Waals surface area (Å²) in [5.41, 5.74) is 3.69. The summed E-state index contributed by atoms with van der Waals surface area (Å²) in [7, 11) is -3.46. The molecular weight excluding hydrogens is 407 g/mol. The highest BCUT2D eigenvalue weighted by atomic mass is 32.2. The fourth-order valence-electron chi connectivity index (χ4n) is 3.66. The summed E-state index contributed by atoms with van der Waals surface area (Å²) in [6.07, 6.45) is 0. The standard InChI is InChI=1S/C19H18F3N3O3S/c1-18(19(21,22)10-28-17(23)25-18)13-8-11(6-7-14(13)20)24-15-9-29(26,27)16-5-3-2-4-12(15)16/h2-8,15,24H,9-10H2,1H3,(H2,23,25)/t15-,18-/m1/s1. The summed E-state index contributed by atoms with van der Waals surface area (Å²) in [6, 6.07) is 9.11. The van der Waals surface area contributed by atoms with Crippen LogP contribution in [0.4, 0.5) is 18.9 Å². The Kier molecular flexibility index (Phi) is 4.30. The fourth-order valence-corrected chi connectivity index (χ4v) is 5.39. The number of nitrogens with zero attached hydrogens (tertiary/aromatic N) is 1. The number of hydrogen-bond donors (Lipinski definition) is 2. The number of nitrogens with two attached hydrogens (primary N) is 1. The molecule has 2 aromatic rings. The molecule has 3 N–H and O–H groups in total. The van der Waals surface area contributed by atoms with Crippen LogP contribution in [0.25, 0.3) is 0 Å². The third-order valence-electron chi connectivity index (χ3n) is 5.29. The monoisotopic (exact) mass is 425 g/mol. The first-order chi connectivity index (χ1) is 13.5. The van der Waals surface area contributed by atoms with E-state index < -0.39 is 45.8 Å². The smallest absolute Gasteiger partial charge is 0.310 e. The molecule has 29 heavy (non-hydrogen) atoms. The quantitative estimate of drug-likeness (QED) is 0.789. The van der Waals surface area contributed by atoms with Gasteiger partial charge in [0.15, 0.2) is 22.0 Å². The molecule has 0 aliphatic carbocycles. The van der Waals surface area contributed by atoms with Crippen LogP contribution in [0.2, 0.25) is 0 Å². The molecule has 0 bridgehead atoms. The molecule has 0 saturated carbocycles. The number of aliphatic imine (C=N–C) groups is 1. The predicted molar refractivity (Wildman–Crippen MR) is 101 cm³/mol. The van der Waals surface area contributed by atoms with E-state index >= 15 is 0 Å². The first-order valence-corrected chi connectivity index (χ1v) is 10.4. The first kappa shape index (κ1) is 19.6. The largest absolute Gasteiger partial charge is 0.459 e. The Bertz CT molecular complexity index is 1120. The number of nitrogens with one attached hydrogen (secondary N) is 1. The number of sulfone groups is 1. The average Bonchev–Trinajstić information content (AvgIpc) is 2.91. The number of hydrogen-bond acceptors (Lipinski definition) is 6. The topological polar surface area (TPSA) is 93.8 Å². The van der Waals surface area contributed by atoms with E-state index in [1.54, 1.807) is 18.2 Å². The summed E-state index contributed by atoms with van der Waals surface area (Å²) < 4.78 is 73.0. The molecular formula is C19H18F3N3O3S. The molecule has 0 radical (unpaired) electrons. The van der Waals surface area contributed by atoms with Crippen molar-refractivity contribution in [3.05, 3.63) is 59.4 Å². The zero-order valence-corrected chi connectivity index (χ0v) is 16.1. The maximum Gasteiger partial charge on any atom is 0.310 e. The molecule has 2 aromatic carbocycles. The molecule has 2 aliphatic heterocycles. The number of rotatable bonds is 3. The molecule has 0 aromatic heterocycles. The van der Waals surface area contributed by atoms with Crippen LogP contribution in [0.1, 0.15) is 24.1 Å². The van der Waals surface area contributed by atoms with Crippen LogP contribution in [0.3, 0.4) is 0 Å². The molecule has 0 amide bonds. The van der Waals surface area contributed by atoms with Gasteiger partial charge < -0.3 is 15.8 Å². The molecule has 4 rings (SSSR count). The van der Waals surface area contributed by atoms with E-state index in [9.17, 15) is 21.6 Å². The van der Waals surface area contributed by atoms with Crippen LogP contribution < -0.4 is 11.1 Å². The molecule has 0 saturated heterocycles. The van der Waals surface area contributed by atoms with Crippen molar-refractivity contribution in [2.75, 3.05) is 17.7 Å². The maximum absolute atomic E-state index is 14.6. The van der Waals surface area contributed by atoms with Gasteiger partial charge in [-0.15, -0.1) is 0 Å². The summed E-state index contributed by atoms with van der Waals surface area (Å²) in [5.74, 6) is -4.57. The molecule has 0 unspecified atom stereocenters. The van der Waals surface area contributed by atoms with Crippen molar-refractivity contribution < 1.29 is 26.3 Å². The molecule has 154 valence electrons. The van der Waals surface area contributed by atoms with Crippen molar-refractivity contribution in [2.24, 2.45) is 10.7 Å². The second-order valence-electron chi connectivity index (χ2n) is 7.23. The number of ether oxygens (including phenoxy) is 1. The van der Waals surface area contributed by atoms with Crippen molar-refractivity contribution in [1.29, 1.82) is 0 Å². The minimum absolute atomic E-state index is 0.189. The van der Waals surface area contributed by atoms with Crippen molar-refractivity contribution in [3.63, 3.8) is 0 Å². The minimum Gasteiger partial charge on any atom is -0.459 e. The molecule has 2 aliphatic rings. The van der Waals surface area contributed by atoms with E-state index in [1.807, 2.05) is 0 Å². The van der Waals surface area contributed by atoms with Crippen LogP contribution in [0.5, 0.6) is 0 Å². The van der Waals surface area contributed by atoms with Gasteiger partial charge in [-0.2, -0.15) is 8.78 Å². The van der Waals surface area contributed by atoms with Gasteiger partial charge in [0.25, 0.3) is 6.02 Å². The Labute approximate surface area is 165 Å². The molecule has 0 fully saturated rings. The van der Waals surface area contributed by atoms with Crippen LogP contribution in [-0.4, -0.2) is 32.7 Å². The summed E-state index contributed by atoms with van der Waals surface area (Å²) in [5, 5.41) is 3.01. The Morgan fingerprint density at radius 3 is 2.72 bits per heavy atom. The Balaban J connectivity index is 1.73. The van der Waals surface area contributed by atoms with Gasteiger partial charge >= 0.3 is 5.92 Å². The second-order valence-corrected chi connectivity index (χ2v) is 9.23. The summed E-state index contributed by atoms with van der Waals surface area (Å²) in [4.78, 5) is 3.91. The van der Waals surface area contributed by atoms with Crippen LogP contribution in [-0.2, 0) is 20.1 Å². The van der Waals surface area contributed by atoms with Crippen LogP contribution >= 0.6 is 0 Å². The zero-order valence-electron chi connectivity index (χ0n) is 15.3. The van der Waals surface area contributed by atoms with Gasteiger partial charge in [0.1, 0.15) is 5.82 Å². The van der Waals surface area contributed by atoms with E-state index in [-0.39, 0.29) is 21.9 Å². The SMILES string of the molecule is C[C@]1(c2cc(N[C@@H]3CS(=O)(=O)c4ccccc43)ccc2F)N=C(N)OCC1(F)F. The maximum atomic E-state index is 14.6. The molecule has 10 heteroatoms. The van der Waals surface area contributed by atoms with Gasteiger partial charge in [-0.25, -0.2) is 17.8 Å². The third kappa shape index (κ3) is 3.11. The highest BCUT2D eigenvalue weighted by Crippen LogP contribution is 2.45. The number of amidine groups is 1. The molecule has 2 heterocycles. The number of fused-ring (bicyclic) bond motifs is 1. The van der Waals surface area contributed by atoms with Gasteiger partial charge in [-0.3, -0.25) is 0 Å². The first-order valence-electron chi connectivity index (χ1n) is 8.78. The minimum atomic E-state index is -3.50. The van der Waals surface area contributed by atoms with Gasteiger partial charge in [0, 0.05) is 11.3 Å². The van der Waals surface area contributed by atoms with Crippen molar-refractivity contribution in [1.82, 2.24) is 0 Å². The summed E-state index contributed by atoms with van der Waals surface area (Å²) >= 11 is 0. The third-order valence-corrected chi connectivity index (χ3v) is 7.11. The Morgan fingerprint density at radius 2 is 1.97 bits per heavy atom. The van der Waals surface area contributed by atoms with E-state index in [1.165, 1.54) is 18.2 Å². The highest BCUT2D eigenvalue weighted by Gasteiger charge is 2.56. The molecule has 2 atom stereocenters. The van der Waals surface area contributed by atoms with Crippen LogP contribution in [0.15, 0.2) is 52.4 Å². The lowest BCUT2D eigenvalue weighted by Crippen LogP contribution is -2.51. The number of halogens is 3. The zero-order chi connectivity index (χ0) is 21.0. The Hall–Kier alpha value is -2.75. The van der Waals surface area contributed by atoms with Gasteiger partial charge in [0.2, 0.25) is 0 Å². The van der Waals surface area contributed by atoms with Crippen molar-refractivity contribution >= 4 is 21.5 Å². The molecule has 6 nitrogen and oxygen atoms in total. The lowest BCUT2D eigenvalue weighted by atomic mass is 9.85. The summed E-state index contributed by atoms with van der Waals surface area (Å²) in [6.45, 7) is 0.0596. The lowest BCUT2D eigenvalue weighted by Gasteiger charge is -2.37. The van der Waals surface area contributed by atoms with Gasteiger partial charge in [-0.05, 0) is 36.8 Å². The van der Waals surface area contributed by atoms with Gasteiger partial charge in [0.05, 0.1) is 16.7 Å². The second kappa shape index (κ2) is 6.38. The highest BCUT2D eigenvalue weighted by molar-refractivity contribution is 7.91. The van der Waals surface area contributed by atoms with Crippen molar-refractivity contribution in [3.8, 4) is 0 Å². The van der Waals surface area contributed by atoms with E-state index in [0.717, 1.165) is 13.0 Å². The van der Waals surface area contributed by atoms with E-state index in [4.69, 9.17) is 5.73 Å². The average molecular weight is 425 g/mol. The van der Waals surface area contributed by atoms with Crippen molar-refractivity contribution in [2.45, 2.75) is 29.3 Å². The molecule has 0 spiro atoms. The van der Waals surface area contributed by atoms with Crippen LogP contribution in [0, 0.1) is 5.82 Å². The van der Waals surface area contributed by atoms with E-state index in [2.05, 4.69) is 15.0 Å².